The summed E-state index contributed by atoms with van der Waals surface area (Å²) in [5.41, 5.74) is 11.0. The molecule has 6 nitrogen and oxygen atoms in total. The molecule has 1 aliphatic rings. The first kappa shape index (κ1) is 17.4. The van der Waals surface area contributed by atoms with Gasteiger partial charge in [-0.05, 0) is 50.1 Å². The first-order valence-electron chi connectivity index (χ1n) is 9.20. The minimum Gasteiger partial charge on any atom is -0.489 e. The first-order valence-corrected chi connectivity index (χ1v) is 9.20. The molecular formula is C21H25N5O. The molecule has 2 heterocycles. The van der Waals surface area contributed by atoms with E-state index in [1.165, 1.54) is 0 Å². The van der Waals surface area contributed by atoms with Gasteiger partial charge < -0.3 is 20.7 Å². The summed E-state index contributed by atoms with van der Waals surface area (Å²) < 4.78 is 5.82. The van der Waals surface area contributed by atoms with Gasteiger partial charge in [0.2, 0.25) is 0 Å². The van der Waals surface area contributed by atoms with E-state index in [0.29, 0.717) is 6.61 Å². The number of hydrogen-bond acceptors (Lipinski definition) is 6. The van der Waals surface area contributed by atoms with Crippen LogP contribution in [-0.2, 0) is 0 Å². The number of nitrogens with one attached hydrogen (secondary N) is 1. The summed E-state index contributed by atoms with van der Waals surface area (Å²) in [6.45, 7) is 7.64. The number of rotatable bonds is 3. The number of benzene rings is 2. The van der Waals surface area contributed by atoms with Gasteiger partial charge in [-0.25, -0.2) is 9.97 Å². The highest BCUT2D eigenvalue weighted by Gasteiger charge is 2.19. The minimum absolute atomic E-state index is 0.0645. The number of aromatic nitrogens is 2. The van der Waals surface area contributed by atoms with Crippen molar-refractivity contribution in [2.24, 2.45) is 0 Å². The number of ether oxygens (including phenoxy) is 1. The van der Waals surface area contributed by atoms with Gasteiger partial charge >= 0.3 is 0 Å². The van der Waals surface area contributed by atoms with Crippen molar-refractivity contribution < 1.29 is 4.74 Å². The predicted octanol–water partition coefficient (Wildman–Crippen LogP) is 3.83. The monoisotopic (exact) mass is 363 g/mol. The summed E-state index contributed by atoms with van der Waals surface area (Å²) in [6, 6.07) is 10.3. The molecule has 1 atom stereocenters. The van der Waals surface area contributed by atoms with Gasteiger partial charge in [0.15, 0.2) is 0 Å². The van der Waals surface area contributed by atoms with Crippen molar-refractivity contribution >= 4 is 28.1 Å². The van der Waals surface area contributed by atoms with Gasteiger partial charge in [0.25, 0.3) is 0 Å². The third-order valence-corrected chi connectivity index (χ3v) is 4.96. The lowest BCUT2D eigenvalue weighted by Crippen LogP contribution is -2.28. The Morgan fingerprint density at radius 1 is 1.15 bits per heavy atom. The summed E-state index contributed by atoms with van der Waals surface area (Å²) in [6.07, 6.45) is 0. The summed E-state index contributed by atoms with van der Waals surface area (Å²) in [5.74, 6) is 2.43. The third kappa shape index (κ3) is 3.35. The molecule has 2 aromatic carbocycles. The highest BCUT2D eigenvalue weighted by Crippen LogP contribution is 2.37. The van der Waals surface area contributed by atoms with Gasteiger partial charge in [0, 0.05) is 24.2 Å². The SMILES string of the molecule is Cc1cc(N)cc([C@@H](C)Nc2nc(C)nc3cc4c(cc23)N(C)CCO4)c1. The van der Waals surface area contributed by atoms with Crippen molar-refractivity contribution in [1.82, 2.24) is 9.97 Å². The summed E-state index contributed by atoms with van der Waals surface area (Å²) in [5, 5.41) is 4.54. The fraction of sp³-hybridized carbons (Fsp3) is 0.333. The van der Waals surface area contributed by atoms with Gasteiger partial charge in [-0.1, -0.05) is 6.07 Å². The lowest BCUT2D eigenvalue weighted by atomic mass is 10.0. The number of nitrogen functional groups attached to an aromatic ring is 1. The number of nitrogens with two attached hydrogens (primary N) is 1. The Morgan fingerprint density at radius 2 is 1.96 bits per heavy atom. The molecule has 27 heavy (non-hydrogen) atoms. The second-order valence-electron chi connectivity index (χ2n) is 7.27. The van der Waals surface area contributed by atoms with Crippen LogP contribution in [0.3, 0.4) is 0 Å². The summed E-state index contributed by atoms with van der Waals surface area (Å²) in [7, 11) is 2.08. The molecule has 6 heteroatoms. The Kier molecular flexibility index (Phi) is 4.26. The van der Waals surface area contributed by atoms with Gasteiger partial charge in [-0.15, -0.1) is 0 Å². The summed E-state index contributed by atoms with van der Waals surface area (Å²) in [4.78, 5) is 11.5. The predicted molar refractivity (Wildman–Crippen MR) is 111 cm³/mol. The largest absolute Gasteiger partial charge is 0.489 e. The van der Waals surface area contributed by atoms with Crippen LogP contribution < -0.4 is 20.7 Å². The zero-order valence-corrected chi connectivity index (χ0v) is 16.2. The number of likely N-dealkylation sites (N-methyl/N-ethyl adjacent to an activating group) is 1. The van der Waals surface area contributed by atoms with Crippen LogP contribution in [0.1, 0.15) is 29.9 Å². The second-order valence-corrected chi connectivity index (χ2v) is 7.27. The van der Waals surface area contributed by atoms with Gasteiger partial charge in [0.1, 0.15) is 24.0 Å². The molecule has 4 rings (SSSR count). The van der Waals surface area contributed by atoms with Crippen molar-refractivity contribution in [3.05, 3.63) is 47.3 Å². The average Bonchev–Trinajstić information content (AvgIpc) is 2.60. The normalized spacial score (nSPS) is 14.6. The van der Waals surface area contributed by atoms with Crippen LogP contribution in [0.2, 0.25) is 0 Å². The van der Waals surface area contributed by atoms with E-state index in [0.717, 1.165) is 57.3 Å². The Hall–Kier alpha value is -3.02. The smallest absolute Gasteiger partial charge is 0.144 e. The molecule has 0 unspecified atom stereocenters. The van der Waals surface area contributed by atoms with E-state index < -0.39 is 0 Å². The molecule has 0 bridgehead atoms. The van der Waals surface area contributed by atoms with Crippen LogP contribution >= 0.6 is 0 Å². The van der Waals surface area contributed by atoms with Crippen LogP contribution in [-0.4, -0.2) is 30.2 Å². The molecule has 0 saturated heterocycles. The number of anilines is 3. The maximum absolute atomic E-state index is 6.02. The first-order chi connectivity index (χ1) is 12.9. The lowest BCUT2D eigenvalue weighted by molar-refractivity contribution is 0.312. The van der Waals surface area contributed by atoms with Crippen LogP contribution in [0, 0.1) is 13.8 Å². The molecule has 140 valence electrons. The Bertz CT molecular complexity index is 997. The summed E-state index contributed by atoms with van der Waals surface area (Å²) >= 11 is 0. The van der Waals surface area contributed by atoms with E-state index in [2.05, 4.69) is 53.2 Å². The minimum atomic E-state index is 0.0645. The van der Waals surface area contributed by atoms with E-state index in [1.807, 2.05) is 25.1 Å². The molecule has 3 aromatic rings. The van der Waals surface area contributed by atoms with Crippen molar-refractivity contribution in [1.29, 1.82) is 0 Å². The topological polar surface area (TPSA) is 76.3 Å². The maximum Gasteiger partial charge on any atom is 0.144 e. The van der Waals surface area contributed by atoms with Gasteiger partial charge in [-0.3, -0.25) is 0 Å². The van der Waals surface area contributed by atoms with Crippen molar-refractivity contribution in [3.63, 3.8) is 0 Å². The molecule has 1 aliphatic heterocycles. The molecule has 3 N–H and O–H groups in total. The molecule has 0 spiro atoms. The van der Waals surface area contributed by atoms with Crippen LogP contribution in [0.15, 0.2) is 30.3 Å². The Morgan fingerprint density at radius 3 is 2.74 bits per heavy atom. The quantitative estimate of drug-likeness (QED) is 0.689. The van der Waals surface area contributed by atoms with Crippen molar-refractivity contribution in [3.8, 4) is 5.75 Å². The highest BCUT2D eigenvalue weighted by atomic mass is 16.5. The molecule has 0 radical (unpaired) electrons. The zero-order valence-electron chi connectivity index (χ0n) is 16.2. The number of nitrogens with zero attached hydrogens (tertiary/aromatic N) is 3. The van der Waals surface area contributed by atoms with Crippen molar-refractivity contribution in [2.45, 2.75) is 26.8 Å². The molecular weight excluding hydrogens is 338 g/mol. The van der Waals surface area contributed by atoms with E-state index >= 15 is 0 Å². The van der Waals surface area contributed by atoms with Gasteiger partial charge in [-0.2, -0.15) is 0 Å². The third-order valence-electron chi connectivity index (χ3n) is 4.96. The van der Waals surface area contributed by atoms with Crippen LogP contribution in [0.5, 0.6) is 5.75 Å². The number of aryl methyl sites for hydroxylation is 2. The fourth-order valence-electron chi connectivity index (χ4n) is 3.58. The Labute approximate surface area is 159 Å². The highest BCUT2D eigenvalue weighted by molar-refractivity contribution is 5.94. The Balaban J connectivity index is 1.77. The van der Waals surface area contributed by atoms with E-state index in [-0.39, 0.29) is 6.04 Å². The fourth-order valence-corrected chi connectivity index (χ4v) is 3.58. The van der Waals surface area contributed by atoms with E-state index in [1.54, 1.807) is 0 Å². The maximum atomic E-state index is 6.02. The van der Waals surface area contributed by atoms with Crippen LogP contribution in [0.25, 0.3) is 10.9 Å². The van der Waals surface area contributed by atoms with E-state index in [4.69, 9.17) is 10.5 Å². The molecule has 0 aliphatic carbocycles. The van der Waals surface area contributed by atoms with Gasteiger partial charge in [0.05, 0.1) is 23.8 Å². The van der Waals surface area contributed by atoms with Crippen molar-refractivity contribution in [2.75, 3.05) is 36.1 Å². The van der Waals surface area contributed by atoms with E-state index in [9.17, 15) is 0 Å². The standard InChI is InChI=1S/C21H25N5O/c1-12-7-15(9-16(22)8-12)13(2)23-21-17-10-19-20(27-6-5-26(19)4)11-18(17)24-14(3)25-21/h7-11,13H,5-6,22H2,1-4H3,(H,23,24,25)/t13-/m1/s1. The number of fused-ring (bicyclic) bond motifs is 2. The molecule has 0 fully saturated rings. The molecule has 0 amide bonds. The second kappa shape index (κ2) is 6.61. The average molecular weight is 363 g/mol. The van der Waals surface area contributed by atoms with Crippen LogP contribution in [0.4, 0.5) is 17.2 Å². The zero-order chi connectivity index (χ0) is 19.1. The molecule has 1 aromatic heterocycles. The molecule has 0 saturated carbocycles. The lowest BCUT2D eigenvalue weighted by Gasteiger charge is -2.28. The number of hydrogen-bond donors (Lipinski definition) is 2.